The Morgan fingerprint density at radius 3 is 1.93 bits per heavy atom. The highest BCUT2D eigenvalue weighted by Gasteiger charge is 2.29. The summed E-state index contributed by atoms with van der Waals surface area (Å²) in [5.74, 6) is 2.67. The Hall–Kier alpha value is -0.0400. The van der Waals surface area contributed by atoms with E-state index < -0.39 is 0 Å². The molecule has 2 N–H and O–H groups in total. The van der Waals surface area contributed by atoms with Crippen LogP contribution in [0, 0.1) is 17.8 Å². The Morgan fingerprint density at radius 1 is 0.800 bits per heavy atom. The van der Waals surface area contributed by atoms with Gasteiger partial charge in [-0.05, 0) is 43.4 Å². The zero-order valence-corrected chi connectivity index (χ0v) is 10.3. The standard InChI is InChI=1S/C14H27N/c1-11-7-9-13(10-8-11)14(15)12-5-3-2-4-6-12/h11-14H,2-10,15H2,1H3. The molecule has 1 unspecified atom stereocenters. The van der Waals surface area contributed by atoms with Crippen molar-refractivity contribution in [2.24, 2.45) is 23.5 Å². The molecule has 0 radical (unpaired) electrons. The first kappa shape index (κ1) is 11.4. The minimum absolute atomic E-state index is 0.526. The fourth-order valence-electron chi connectivity index (χ4n) is 3.57. The maximum Gasteiger partial charge on any atom is 0.00956 e. The minimum atomic E-state index is 0.526. The largest absolute Gasteiger partial charge is 0.327 e. The number of hydrogen-bond donors (Lipinski definition) is 1. The lowest BCUT2D eigenvalue weighted by Crippen LogP contribution is -2.40. The lowest BCUT2D eigenvalue weighted by molar-refractivity contribution is 0.185. The number of hydrogen-bond acceptors (Lipinski definition) is 1. The first-order chi connectivity index (χ1) is 7.27. The van der Waals surface area contributed by atoms with Gasteiger partial charge in [0.2, 0.25) is 0 Å². The summed E-state index contributed by atoms with van der Waals surface area (Å²) in [5, 5.41) is 0. The molecule has 88 valence electrons. The van der Waals surface area contributed by atoms with E-state index >= 15 is 0 Å². The topological polar surface area (TPSA) is 26.0 Å². The van der Waals surface area contributed by atoms with Crippen molar-refractivity contribution < 1.29 is 0 Å². The predicted octanol–water partition coefficient (Wildman–Crippen LogP) is 3.72. The van der Waals surface area contributed by atoms with E-state index in [1.807, 2.05) is 0 Å². The summed E-state index contributed by atoms with van der Waals surface area (Å²) in [5.41, 5.74) is 6.47. The molecule has 2 saturated carbocycles. The van der Waals surface area contributed by atoms with Gasteiger partial charge >= 0.3 is 0 Å². The van der Waals surface area contributed by atoms with Crippen molar-refractivity contribution in [3.63, 3.8) is 0 Å². The van der Waals surface area contributed by atoms with Crippen molar-refractivity contribution in [2.75, 3.05) is 0 Å². The van der Waals surface area contributed by atoms with Gasteiger partial charge in [-0.15, -0.1) is 0 Å². The maximum atomic E-state index is 6.47. The zero-order valence-electron chi connectivity index (χ0n) is 10.3. The van der Waals surface area contributed by atoms with E-state index in [9.17, 15) is 0 Å². The Labute approximate surface area is 94.8 Å². The highest BCUT2D eigenvalue weighted by molar-refractivity contribution is 4.85. The molecule has 2 aliphatic carbocycles. The molecule has 1 atom stereocenters. The molecule has 0 aliphatic heterocycles. The molecule has 0 spiro atoms. The monoisotopic (exact) mass is 209 g/mol. The van der Waals surface area contributed by atoms with Crippen LogP contribution in [0.4, 0.5) is 0 Å². The third-order valence-electron chi connectivity index (χ3n) is 4.80. The van der Waals surface area contributed by atoms with Gasteiger partial charge in [0.25, 0.3) is 0 Å². The van der Waals surface area contributed by atoms with Gasteiger partial charge in [-0.2, -0.15) is 0 Å². The van der Waals surface area contributed by atoms with E-state index in [0.717, 1.165) is 17.8 Å². The summed E-state index contributed by atoms with van der Waals surface area (Å²) in [7, 11) is 0. The van der Waals surface area contributed by atoms with Crippen molar-refractivity contribution in [3.05, 3.63) is 0 Å². The third kappa shape index (κ3) is 2.96. The summed E-state index contributed by atoms with van der Waals surface area (Å²) in [6, 6.07) is 0.526. The lowest BCUT2D eigenvalue weighted by atomic mass is 9.72. The van der Waals surface area contributed by atoms with Gasteiger partial charge in [0.15, 0.2) is 0 Å². The van der Waals surface area contributed by atoms with Gasteiger partial charge in [0, 0.05) is 6.04 Å². The van der Waals surface area contributed by atoms with Gasteiger partial charge in [-0.25, -0.2) is 0 Å². The Kier molecular flexibility index (Phi) is 4.07. The fourth-order valence-corrected chi connectivity index (χ4v) is 3.57. The van der Waals surface area contributed by atoms with Crippen molar-refractivity contribution in [1.29, 1.82) is 0 Å². The van der Waals surface area contributed by atoms with Gasteiger partial charge in [-0.3, -0.25) is 0 Å². The summed E-state index contributed by atoms with van der Waals surface area (Å²) >= 11 is 0. The quantitative estimate of drug-likeness (QED) is 0.737. The molecule has 2 aliphatic rings. The van der Waals surface area contributed by atoms with Crippen LogP contribution < -0.4 is 5.73 Å². The van der Waals surface area contributed by atoms with Crippen LogP contribution in [0.2, 0.25) is 0 Å². The Morgan fingerprint density at radius 2 is 1.33 bits per heavy atom. The second kappa shape index (κ2) is 5.34. The molecule has 1 heteroatoms. The molecular weight excluding hydrogens is 182 g/mol. The molecule has 2 fully saturated rings. The lowest BCUT2D eigenvalue weighted by Gasteiger charge is -2.36. The first-order valence-electron chi connectivity index (χ1n) is 7.03. The summed E-state index contributed by atoms with van der Waals surface area (Å²) in [6.45, 7) is 2.39. The Bertz CT molecular complexity index is 176. The molecule has 0 heterocycles. The van der Waals surface area contributed by atoms with E-state index in [0.29, 0.717) is 6.04 Å². The predicted molar refractivity (Wildman–Crippen MR) is 65.7 cm³/mol. The van der Waals surface area contributed by atoms with Gasteiger partial charge in [-0.1, -0.05) is 39.0 Å². The molecule has 0 aromatic carbocycles. The summed E-state index contributed by atoms with van der Waals surface area (Å²) < 4.78 is 0. The average molecular weight is 209 g/mol. The highest BCUT2D eigenvalue weighted by atomic mass is 14.7. The molecule has 0 bridgehead atoms. The van der Waals surface area contributed by atoms with Crippen LogP contribution in [-0.4, -0.2) is 6.04 Å². The van der Waals surface area contributed by atoms with Crippen LogP contribution in [0.25, 0.3) is 0 Å². The molecule has 0 aromatic heterocycles. The molecule has 0 amide bonds. The van der Waals surface area contributed by atoms with Gasteiger partial charge in [0.1, 0.15) is 0 Å². The van der Waals surface area contributed by atoms with Crippen molar-refractivity contribution in [1.82, 2.24) is 0 Å². The van der Waals surface area contributed by atoms with Crippen LogP contribution in [0.15, 0.2) is 0 Å². The second-order valence-electron chi connectivity index (χ2n) is 6.00. The second-order valence-corrected chi connectivity index (χ2v) is 6.00. The van der Waals surface area contributed by atoms with Crippen LogP contribution in [0.3, 0.4) is 0 Å². The summed E-state index contributed by atoms with van der Waals surface area (Å²) in [6.07, 6.45) is 12.8. The molecule has 2 rings (SSSR count). The smallest absolute Gasteiger partial charge is 0.00956 e. The number of rotatable bonds is 2. The van der Waals surface area contributed by atoms with Crippen LogP contribution in [-0.2, 0) is 0 Å². The van der Waals surface area contributed by atoms with E-state index in [-0.39, 0.29) is 0 Å². The third-order valence-corrected chi connectivity index (χ3v) is 4.80. The van der Waals surface area contributed by atoms with Crippen LogP contribution in [0.5, 0.6) is 0 Å². The van der Waals surface area contributed by atoms with Crippen LogP contribution >= 0.6 is 0 Å². The zero-order chi connectivity index (χ0) is 10.7. The van der Waals surface area contributed by atoms with E-state index in [4.69, 9.17) is 5.73 Å². The molecule has 1 nitrogen and oxygen atoms in total. The van der Waals surface area contributed by atoms with Crippen molar-refractivity contribution in [2.45, 2.75) is 70.8 Å². The fraction of sp³-hybridized carbons (Fsp3) is 1.00. The van der Waals surface area contributed by atoms with Gasteiger partial charge < -0.3 is 5.73 Å². The number of nitrogens with two attached hydrogens (primary N) is 1. The first-order valence-corrected chi connectivity index (χ1v) is 7.03. The molecule has 0 saturated heterocycles. The van der Waals surface area contributed by atoms with E-state index in [1.165, 1.54) is 57.8 Å². The SMILES string of the molecule is CC1CCC(C(N)C2CCCCC2)CC1. The maximum absolute atomic E-state index is 6.47. The van der Waals surface area contributed by atoms with E-state index in [2.05, 4.69) is 6.92 Å². The normalized spacial score (nSPS) is 36.4. The van der Waals surface area contributed by atoms with E-state index in [1.54, 1.807) is 0 Å². The molecule has 15 heavy (non-hydrogen) atoms. The highest BCUT2D eigenvalue weighted by Crippen LogP contribution is 2.36. The van der Waals surface area contributed by atoms with Crippen molar-refractivity contribution >= 4 is 0 Å². The van der Waals surface area contributed by atoms with Gasteiger partial charge in [0.05, 0.1) is 0 Å². The molecule has 0 aromatic rings. The Balaban J connectivity index is 1.81. The average Bonchev–Trinajstić information content (AvgIpc) is 2.30. The van der Waals surface area contributed by atoms with Crippen LogP contribution in [0.1, 0.15) is 64.7 Å². The van der Waals surface area contributed by atoms with Crippen molar-refractivity contribution in [3.8, 4) is 0 Å². The molecular formula is C14H27N. The minimum Gasteiger partial charge on any atom is -0.327 e. The summed E-state index contributed by atoms with van der Waals surface area (Å²) in [4.78, 5) is 0.